The van der Waals surface area contributed by atoms with Gasteiger partial charge in [-0.3, -0.25) is 4.79 Å². The normalized spacial score (nSPS) is 12.2. The molecular weight excluding hydrogens is 400 g/mol. The van der Waals surface area contributed by atoms with Crippen LogP contribution in [0.1, 0.15) is 27.3 Å². The summed E-state index contributed by atoms with van der Waals surface area (Å²) in [6.07, 6.45) is -9.99. The fraction of sp³-hybridized carbons (Fsp3) is 0.158. The number of halogens is 6. The zero-order valence-electron chi connectivity index (χ0n) is 14.8. The van der Waals surface area contributed by atoms with E-state index in [1.807, 2.05) is 0 Å². The Hall–Kier alpha value is -3.30. The first-order chi connectivity index (χ1) is 13.4. The van der Waals surface area contributed by atoms with Gasteiger partial charge in [0.15, 0.2) is 5.69 Å². The average molecular weight is 413 g/mol. The molecule has 0 saturated carbocycles. The van der Waals surface area contributed by atoms with Crippen molar-refractivity contribution < 1.29 is 31.1 Å². The van der Waals surface area contributed by atoms with E-state index in [1.165, 1.54) is 22.9 Å². The molecule has 0 radical (unpaired) electrons. The van der Waals surface area contributed by atoms with E-state index >= 15 is 0 Å². The molecule has 3 rings (SSSR count). The minimum atomic E-state index is -4.99. The van der Waals surface area contributed by atoms with Crippen LogP contribution in [0.4, 0.5) is 26.3 Å². The smallest absolute Gasteiger partial charge is 0.364 e. The molecule has 1 aromatic heterocycles. The number of benzene rings is 2. The predicted molar refractivity (Wildman–Crippen MR) is 92.3 cm³/mol. The molecule has 0 fully saturated rings. The summed E-state index contributed by atoms with van der Waals surface area (Å²) in [6, 6.07) is 8.32. The fourth-order valence-electron chi connectivity index (χ4n) is 2.99. The van der Waals surface area contributed by atoms with Crippen molar-refractivity contribution in [3.8, 4) is 16.8 Å². The lowest BCUT2D eigenvalue weighted by atomic mass is 9.93. The van der Waals surface area contributed by atoms with Crippen LogP contribution < -0.4 is 5.73 Å². The Balaban J connectivity index is 2.26. The highest BCUT2D eigenvalue weighted by Crippen LogP contribution is 2.44. The van der Waals surface area contributed by atoms with Crippen LogP contribution in [0.15, 0.2) is 48.5 Å². The predicted octanol–water partition coefficient (Wildman–Crippen LogP) is 4.98. The molecule has 0 saturated heterocycles. The first-order valence-electron chi connectivity index (χ1n) is 8.14. The zero-order valence-corrected chi connectivity index (χ0v) is 14.8. The Labute approximate surface area is 160 Å². The second kappa shape index (κ2) is 6.94. The van der Waals surface area contributed by atoms with Crippen molar-refractivity contribution in [2.24, 2.45) is 5.73 Å². The van der Waals surface area contributed by atoms with Crippen LogP contribution >= 0.6 is 0 Å². The van der Waals surface area contributed by atoms with Crippen molar-refractivity contribution in [1.29, 1.82) is 0 Å². The van der Waals surface area contributed by atoms with Crippen LogP contribution in [-0.4, -0.2) is 15.7 Å². The van der Waals surface area contributed by atoms with Crippen LogP contribution in [-0.2, 0) is 12.4 Å². The lowest BCUT2D eigenvalue weighted by Gasteiger charge is -2.19. The number of hydrogen-bond acceptors (Lipinski definition) is 2. The van der Waals surface area contributed by atoms with Crippen molar-refractivity contribution in [2.45, 2.75) is 19.3 Å². The van der Waals surface area contributed by atoms with Crippen molar-refractivity contribution >= 4 is 5.91 Å². The van der Waals surface area contributed by atoms with Gasteiger partial charge in [0.2, 0.25) is 0 Å². The van der Waals surface area contributed by atoms with Crippen molar-refractivity contribution in [1.82, 2.24) is 9.78 Å². The van der Waals surface area contributed by atoms with E-state index in [4.69, 9.17) is 5.73 Å². The largest absolute Gasteiger partial charge is 0.417 e. The second-order valence-corrected chi connectivity index (χ2v) is 6.22. The molecule has 1 heterocycles. The van der Waals surface area contributed by atoms with Gasteiger partial charge in [-0.2, -0.15) is 31.4 Å². The topological polar surface area (TPSA) is 60.9 Å². The molecule has 4 nitrogen and oxygen atoms in total. The molecule has 29 heavy (non-hydrogen) atoms. The highest BCUT2D eigenvalue weighted by atomic mass is 19.4. The molecule has 0 atom stereocenters. The van der Waals surface area contributed by atoms with Gasteiger partial charge in [-0.1, -0.05) is 18.2 Å². The van der Waals surface area contributed by atoms with Gasteiger partial charge >= 0.3 is 12.4 Å². The molecule has 2 N–H and O–H groups in total. The molecule has 0 aliphatic heterocycles. The van der Waals surface area contributed by atoms with E-state index in [-0.39, 0.29) is 16.9 Å². The number of nitrogens with zero attached hydrogens (tertiary/aromatic N) is 2. The number of carbonyl (C=O) groups excluding carboxylic acids is 1. The van der Waals surface area contributed by atoms with Crippen LogP contribution in [0.25, 0.3) is 16.8 Å². The van der Waals surface area contributed by atoms with Gasteiger partial charge in [0.1, 0.15) is 0 Å². The molecular formula is C19H13F6N3O. The second-order valence-electron chi connectivity index (χ2n) is 6.22. The molecule has 0 aliphatic rings. The maximum atomic E-state index is 13.4. The number of rotatable bonds is 3. The molecule has 0 bridgehead atoms. The van der Waals surface area contributed by atoms with E-state index in [1.54, 1.807) is 6.92 Å². The third kappa shape index (κ3) is 3.96. The molecule has 0 aliphatic carbocycles. The Morgan fingerprint density at radius 3 is 1.97 bits per heavy atom. The van der Waals surface area contributed by atoms with Crippen molar-refractivity contribution in [3.05, 3.63) is 71.0 Å². The van der Waals surface area contributed by atoms with Gasteiger partial charge in [-0.05, 0) is 42.8 Å². The van der Waals surface area contributed by atoms with Crippen LogP contribution in [0.5, 0.6) is 0 Å². The molecule has 1 amide bonds. The quantitative estimate of drug-likeness (QED) is 0.616. The van der Waals surface area contributed by atoms with E-state index in [9.17, 15) is 31.1 Å². The number of amides is 1. The highest BCUT2D eigenvalue weighted by Gasteiger charge is 2.41. The lowest BCUT2D eigenvalue weighted by Crippen LogP contribution is -2.14. The van der Waals surface area contributed by atoms with E-state index in [2.05, 4.69) is 5.10 Å². The number of carbonyl (C=O) groups is 1. The van der Waals surface area contributed by atoms with E-state index in [0.29, 0.717) is 17.8 Å². The van der Waals surface area contributed by atoms with Crippen LogP contribution in [0.2, 0.25) is 0 Å². The maximum absolute atomic E-state index is 13.4. The Morgan fingerprint density at radius 2 is 1.48 bits per heavy atom. The number of alkyl halides is 6. The summed E-state index contributed by atoms with van der Waals surface area (Å²) in [6.45, 7) is 1.57. The minimum Gasteiger partial charge on any atom is -0.364 e. The fourth-order valence-corrected chi connectivity index (χ4v) is 2.99. The Kier molecular flexibility index (Phi) is 4.89. The summed E-state index contributed by atoms with van der Waals surface area (Å²) in [4.78, 5) is 11.3. The van der Waals surface area contributed by atoms with Gasteiger partial charge in [-0.25, -0.2) is 4.68 Å². The summed E-state index contributed by atoms with van der Waals surface area (Å²) in [5.74, 6) is -0.815. The summed E-state index contributed by atoms with van der Waals surface area (Å²) in [5, 5.41) is 3.95. The number of nitrogens with two attached hydrogens (primary N) is 1. The van der Waals surface area contributed by atoms with Gasteiger partial charge in [0, 0.05) is 11.3 Å². The average Bonchev–Trinajstić information content (AvgIpc) is 3.02. The molecule has 0 unspecified atom stereocenters. The Morgan fingerprint density at radius 1 is 0.931 bits per heavy atom. The monoisotopic (exact) mass is 413 g/mol. The first-order valence-corrected chi connectivity index (χ1v) is 8.14. The van der Waals surface area contributed by atoms with Gasteiger partial charge in [0.25, 0.3) is 5.91 Å². The molecule has 3 aromatic rings. The number of primary amides is 1. The van der Waals surface area contributed by atoms with Gasteiger partial charge in [-0.15, -0.1) is 0 Å². The number of aromatic nitrogens is 2. The molecule has 2 aromatic carbocycles. The zero-order chi connectivity index (χ0) is 21.6. The molecule has 10 heteroatoms. The summed E-state index contributed by atoms with van der Waals surface area (Å²) in [7, 11) is 0. The van der Waals surface area contributed by atoms with E-state index < -0.39 is 35.0 Å². The van der Waals surface area contributed by atoms with Crippen molar-refractivity contribution in [3.63, 3.8) is 0 Å². The summed E-state index contributed by atoms with van der Waals surface area (Å²) < 4.78 is 81.9. The molecule has 0 spiro atoms. The standard InChI is InChI=1S/C19H13F6N3O/c1-10-8-15(17(26)29)27-28(10)12-5-2-4-11(9-12)16-13(18(20,21)22)6-3-7-14(16)19(23,24)25/h2-9H,1H3,(H2,26,29). The van der Waals surface area contributed by atoms with Crippen molar-refractivity contribution in [2.75, 3.05) is 0 Å². The third-order valence-corrected chi connectivity index (χ3v) is 4.19. The molecule has 152 valence electrons. The van der Waals surface area contributed by atoms with Crippen LogP contribution in [0, 0.1) is 6.92 Å². The highest BCUT2D eigenvalue weighted by molar-refractivity contribution is 5.90. The van der Waals surface area contributed by atoms with Crippen LogP contribution in [0.3, 0.4) is 0 Å². The summed E-state index contributed by atoms with van der Waals surface area (Å²) in [5.41, 5.74) is 1.61. The minimum absolute atomic E-state index is 0.0837. The SMILES string of the molecule is Cc1cc(C(N)=O)nn1-c1cccc(-c2c(C(F)(F)F)cccc2C(F)(F)F)c1. The van der Waals surface area contributed by atoms with E-state index in [0.717, 1.165) is 18.2 Å². The third-order valence-electron chi connectivity index (χ3n) is 4.19. The maximum Gasteiger partial charge on any atom is 0.417 e. The Bertz CT molecular complexity index is 1050. The van der Waals surface area contributed by atoms with Gasteiger partial charge < -0.3 is 5.73 Å². The number of hydrogen-bond donors (Lipinski definition) is 1. The number of aryl methyl sites for hydroxylation is 1. The summed E-state index contributed by atoms with van der Waals surface area (Å²) >= 11 is 0. The van der Waals surface area contributed by atoms with Gasteiger partial charge in [0.05, 0.1) is 16.8 Å². The first kappa shape index (κ1) is 20.4. The lowest BCUT2D eigenvalue weighted by molar-refractivity contribution is -0.142.